The summed E-state index contributed by atoms with van der Waals surface area (Å²) in [6, 6.07) is 1.76. The number of fused-ring (bicyclic) bond motifs is 1. The molecule has 3 rings (SSSR count). The van der Waals surface area contributed by atoms with Gasteiger partial charge in [0.05, 0.1) is 36.1 Å². The zero-order valence-corrected chi connectivity index (χ0v) is 14.9. The highest BCUT2D eigenvalue weighted by Crippen LogP contribution is 2.21. The van der Waals surface area contributed by atoms with Gasteiger partial charge in [0.2, 0.25) is 0 Å². The third-order valence-corrected chi connectivity index (χ3v) is 4.77. The van der Waals surface area contributed by atoms with E-state index in [0.717, 1.165) is 0 Å². The number of esters is 1. The van der Waals surface area contributed by atoms with E-state index in [9.17, 15) is 14.4 Å². The summed E-state index contributed by atoms with van der Waals surface area (Å²) >= 11 is 1.29. The third-order valence-electron chi connectivity index (χ3n) is 3.88. The third kappa shape index (κ3) is 3.00. The number of carbonyl (C=O) groups is 2. The minimum atomic E-state index is -0.549. The van der Waals surface area contributed by atoms with E-state index in [2.05, 4.69) is 9.97 Å². The fourth-order valence-corrected chi connectivity index (χ4v) is 3.61. The molecule has 3 heterocycles. The second kappa shape index (κ2) is 6.64. The van der Waals surface area contributed by atoms with Crippen molar-refractivity contribution in [2.24, 2.45) is 0 Å². The second-order valence-electron chi connectivity index (χ2n) is 5.58. The van der Waals surface area contributed by atoms with Gasteiger partial charge in [0.1, 0.15) is 4.70 Å². The fraction of sp³-hybridized carbons (Fsp3) is 0.294. The van der Waals surface area contributed by atoms with Gasteiger partial charge >= 0.3 is 5.97 Å². The van der Waals surface area contributed by atoms with E-state index in [1.807, 2.05) is 0 Å². The Morgan fingerprint density at radius 2 is 2.00 bits per heavy atom. The Labute approximate surface area is 147 Å². The van der Waals surface area contributed by atoms with E-state index in [-0.39, 0.29) is 35.6 Å². The standard InChI is InChI=1S/C17H17N3O4S/c1-4-24-17(23)14-10(3)19-9(2)13(14)12(21)7-20-8-18-11-5-6-25-15(11)16(20)22/h5-6,8,19H,4,7H2,1-3H3. The van der Waals surface area contributed by atoms with Crippen molar-refractivity contribution in [1.82, 2.24) is 14.5 Å². The Morgan fingerprint density at radius 1 is 1.28 bits per heavy atom. The van der Waals surface area contributed by atoms with Crippen LogP contribution in [0.3, 0.4) is 0 Å². The molecule has 1 N–H and O–H groups in total. The lowest BCUT2D eigenvalue weighted by Gasteiger charge is -2.07. The molecule has 0 amide bonds. The van der Waals surface area contributed by atoms with Crippen LogP contribution in [0.15, 0.2) is 22.6 Å². The van der Waals surface area contributed by atoms with E-state index < -0.39 is 5.97 Å². The number of aromatic amines is 1. The topological polar surface area (TPSA) is 94.1 Å². The molecule has 0 bridgehead atoms. The first-order chi connectivity index (χ1) is 11.9. The van der Waals surface area contributed by atoms with Crippen LogP contribution in [0.1, 0.15) is 39.0 Å². The van der Waals surface area contributed by atoms with Gasteiger partial charge in [-0.2, -0.15) is 0 Å². The number of ether oxygens (including phenoxy) is 1. The summed E-state index contributed by atoms with van der Waals surface area (Å²) in [6.45, 7) is 5.16. The van der Waals surface area contributed by atoms with Gasteiger partial charge in [-0.25, -0.2) is 9.78 Å². The van der Waals surface area contributed by atoms with Crippen molar-refractivity contribution in [1.29, 1.82) is 0 Å². The van der Waals surface area contributed by atoms with Gasteiger partial charge in [-0.15, -0.1) is 11.3 Å². The summed E-state index contributed by atoms with van der Waals surface area (Å²) in [4.78, 5) is 44.6. The molecule has 0 saturated carbocycles. The maximum absolute atomic E-state index is 12.8. The Balaban J connectivity index is 1.99. The van der Waals surface area contributed by atoms with Crippen LogP contribution in [0.5, 0.6) is 0 Å². The first kappa shape index (κ1) is 17.1. The largest absolute Gasteiger partial charge is 0.462 e. The molecule has 3 aromatic heterocycles. The van der Waals surface area contributed by atoms with Gasteiger partial charge < -0.3 is 9.72 Å². The number of aryl methyl sites for hydroxylation is 2. The van der Waals surface area contributed by atoms with E-state index in [0.29, 0.717) is 21.6 Å². The molecule has 0 aliphatic rings. The molecule has 0 saturated heterocycles. The Hall–Kier alpha value is -2.74. The van der Waals surface area contributed by atoms with Gasteiger partial charge in [-0.3, -0.25) is 14.2 Å². The highest BCUT2D eigenvalue weighted by atomic mass is 32.1. The zero-order chi connectivity index (χ0) is 18.1. The molecule has 0 radical (unpaired) electrons. The normalized spacial score (nSPS) is 11.0. The molecule has 0 spiro atoms. The number of nitrogens with one attached hydrogen (secondary N) is 1. The quantitative estimate of drug-likeness (QED) is 0.558. The second-order valence-corrected chi connectivity index (χ2v) is 6.50. The average molecular weight is 359 g/mol. The molecule has 8 heteroatoms. The zero-order valence-electron chi connectivity index (χ0n) is 14.1. The first-order valence-electron chi connectivity index (χ1n) is 7.76. The summed E-state index contributed by atoms with van der Waals surface area (Å²) in [6.07, 6.45) is 1.36. The van der Waals surface area contributed by atoms with Crippen LogP contribution in [0, 0.1) is 13.8 Å². The van der Waals surface area contributed by atoms with Crippen molar-refractivity contribution in [3.8, 4) is 0 Å². The Morgan fingerprint density at radius 3 is 2.72 bits per heavy atom. The number of rotatable bonds is 5. The molecule has 3 aromatic rings. The minimum Gasteiger partial charge on any atom is -0.462 e. The summed E-state index contributed by atoms with van der Waals surface area (Å²) in [5, 5.41) is 1.78. The van der Waals surface area contributed by atoms with Crippen molar-refractivity contribution in [3.63, 3.8) is 0 Å². The predicted octanol–water partition coefficient (Wildman–Crippen LogP) is 2.46. The van der Waals surface area contributed by atoms with Crippen LogP contribution in [0.4, 0.5) is 0 Å². The molecule has 0 aromatic carbocycles. The van der Waals surface area contributed by atoms with E-state index in [1.54, 1.807) is 32.2 Å². The lowest BCUT2D eigenvalue weighted by Crippen LogP contribution is -2.25. The number of aromatic nitrogens is 3. The monoisotopic (exact) mass is 359 g/mol. The fourth-order valence-electron chi connectivity index (χ4n) is 2.81. The van der Waals surface area contributed by atoms with Crippen molar-refractivity contribution in [3.05, 3.63) is 50.6 Å². The highest BCUT2D eigenvalue weighted by Gasteiger charge is 2.25. The molecule has 0 fully saturated rings. The van der Waals surface area contributed by atoms with Crippen LogP contribution >= 0.6 is 11.3 Å². The number of hydrogen-bond acceptors (Lipinski definition) is 6. The number of H-pyrrole nitrogens is 1. The van der Waals surface area contributed by atoms with Crippen molar-refractivity contribution < 1.29 is 14.3 Å². The minimum absolute atomic E-state index is 0.190. The Bertz CT molecular complexity index is 1030. The summed E-state index contributed by atoms with van der Waals surface area (Å²) in [7, 11) is 0. The number of thiophene rings is 1. The molecular weight excluding hydrogens is 342 g/mol. The smallest absolute Gasteiger partial charge is 0.340 e. The molecule has 0 atom stereocenters. The first-order valence-corrected chi connectivity index (χ1v) is 8.64. The van der Waals surface area contributed by atoms with Crippen molar-refractivity contribution in [2.45, 2.75) is 27.3 Å². The molecule has 7 nitrogen and oxygen atoms in total. The lowest BCUT2D eigenvalue weighted by molar-refractivity contribution is 0.0522. The lowest BCUT2D eigenvalue weighted by atomic mass is 10.0. The summed E-state index contributed by atoms with van der Waals surface area (Å²) in [5.41, 5.74) is 1.97. The summed E-state index contributed by atoms with van der Waals surface area (Å²) < 4.78 is 6.81. The van der Waals surface area contributed by atoms with Crippen molar-refractivity contribution >= 4 is 33.3 Å². The maximum atomic E-state index is 12.8. The number of carbonyl (C=O) groups excluding carboxylic acids is 2. The molecular formula is C17H17N3O4S. The van der Waals surface area contributed by atoms with Crippen LogP contribution in [-0.2, 0) is 11.3 Å². The number of ketones is 1. The highest BCUT2D eigenvalue weighted by molar-refractivity contribution is 7.17. The maximum Gasteiger partial charge on any atom is 0.340 e. The molecule has 0 aliphatic heterocycles. The number of Topliss-reactive ketones (excluding diaryl/α,β-unsaturated/α-hetero) is 1. The van der Waals surface area contributed by atoms with Crippen LogP contribution < -0.4 is 5.56 Å². The van der Waals surface area contributed by atoms with Gasteiger partial charge in [-0.05, 0) is 32.2 Å². The van der Waals surface area contributed by atoms with Gasteiger partial charge in [-0.1, -0.05) is 0 Å². The Kier molecular flexibility index (Phi) is 4.54. The van der Waals surface area contributed by atoms with Crippen molar-refractivity contribution in [2.75, 3.05) is 6.61 Å². The number of nitrogens with zero attached hydrogens (tertiary/aromatic N) is 2. The molecule has 0 aliphatic carbocycles. The molecule has 0 unspecified atom stereocenters. The summed E-state index contributed by atoms with van der Waals surface area (Å²) in [5.74, 6) is -0.892. The van der Waals surface area contributed by atoms with E-state index in [4.69, 9.17) is 4.74 Å². The SMILES string of the molecule is CCOC(=O)c1c(C)[nH]c(C)c1C(=O)Cn1cnc2ccsc2c1=O. The molecule has 130 valence electrons. The van der Waals surface area contributed by atoms with Gasteiger partial charge in [0.15, 0.2) is 5.78 Å². The predicted molar refractivity (Wildman–Crippen MR) is 94.4 cm³/mol. The van der Waals surface area contributed by atoms with Crippen LogP contribution in [0.2, 0.25) is 0 Å². The van der Waals surface area contributed by atoms with E-state index >= 15 is 0 Å². The molecule has 25 heavy (non-hydrogen) atoms. The average Bonchev–Trinajstić information content (AvgIpc) is 3.14. The number of hydrogen-bond donors (Lipinski definition) is 1. The van der Waals surface area contributed by atoms with Crippen LogP contribution in [0.25, 0.3) is 10.2 Å². The van der Waals surface area contributed by atoms with Gasteiger partial charge in [0.25, 0.3) is 5.56 Å². The van der Waals surface area contributed by atoms with E-state index in [1.165, 1.54) is 22.2 Å². The van der Waals surface area contributed by atoms with Crippen LogP contribution in [-0.4, -0.2) is 32.9 Å². The van der Waals surface area contributed by atoms with Gasteiger partial charge in [0, 0.05) is 11.4 Å².